The van der Waals surface area contributed by atoms with Gasteiger partial charge >= 0.3 is 5.69 Å². The van der Waals surface area contributed by atoms with E-state index in [2.05, 4.69) is 10.3 Å². The van der Waals surface area contributed by atoms with Crippen molar-refractivity contribution in [2.24, 2.45) is 14.1 Å². The van der Waals surface area contributed by atoms with Crippen molar-refractivity contribution >= 4 is 17.1 Å². The van der Waals surface area contributed by atoms with Gasteiger partial charge in [0.2, 0.25) is 5.95 Å². The molecule has 2 N–H and O–H groups in total. The lowest BCUT2D eigenvalue weighted by atomic mass is 10.2. The largest absolute Gasteiger partial charge is 0.396 e. The fourth-order valence-electron chi connectivity index (χ4n) is 2.41. The quantitative estimate of drug-likeness (QED) is 0.743. The van der Waals surface area contributed by atoms with Crippen LogP contribution in [-0.4, -0.2) is 36.9 Å². The molecule has 0 saturated carbocycles. The van der Waals surface area contributed by atoms with Gasteiger partial charge < -0.3 is 15.0 Å². The summed E-state index contributed by atoms with van der Waals surface area (Å²) in [5, 5.41) is 11.9. The van der Waals surface area contributed by atoms with Crippen LogP contribution < -0.4 is 16.6 Å². The maximum Gasteiger partial charge on any atom is 0.332 e. The molecule has 1 unspecified atom stereocenters. The number of fused-ring (bicyclic) bond motifs is 1. The Morgan fingerprint density at radius 3 is 2.55 bits per heavy atom. The zero-order valence-corrected chi connectivity index (χ0v) is 13.5. The maximum atomic E-state index is 12.4. The molecule has 8 nitrogen and oxygen atoms in total. The van der Waals surface area contributed by atoms with Gasteiger partial charge in [0, 0.05) is 33.3 Å². The van der Waals surface area contributed by atoms with Crippen molar-refractivity contribution in [2.45, 2.75) is 32.7 Å². The van der Waals surface area contributed by atoms with Crippen molar-refractivity contribution in [3.63, 3.8) is 0 Å². The summed E-state index contributed by atoms with van der Waals surface area (Å²) in [6.07, 6.45) is 1.34. The standard InChI is InChI=1S/C14H23N5O3/c1-5-9(2)19-11-10(12(21)18(4)14(19)22)17(3)13(16-11)15-7-6-8-20/h9,20H,5-8H2,1-4H3,(H,15,16). The first-order valence-corrected chi connectivity index (χ1v) is 7.46. The maximum absolute atomic E-state index is 12.4. The lowest BCUT2D eigenvalue weighted by Crippen LogP contribution is -2.39. The molecule has 2 aromatic rings. The number of aromatic nitrogens is 4. The number of aliphatic hydroxyl groups is 1. The average molecular weight is 309 g/mol. The molecule has 0 radical (unpaired) electrons. The smallest absolute Gasteiger partial charge is 0.332 e. The van der Waals surface area contributed by atoms with E-state index in [0.717, 1.165) is 11.0 Å². The van der Waals surface area contributed by atoms with Crippen molar-refractivity contribution in [3.05, 3.63) is 20.8 Å². The molecule has 0 aromatic carbocycles. The number of anilines is 1. The molecule has 122 valence electrons. The Kier molecular flexibility index (Phi) is 4.70. The molecule has 2 heterocycles. The highest BCUT2D eigenvalue weighted by molar-refractivity contribution is 5.74. The molecule has 0 aliphatic rings. The molecule has 0 aliphatic carbocycles. The minimum absolute atomic E-state index is 0.0537. The van der Waals surface area contributed by atoms with E-state index in [1.165, 1.54) is 7.05 Å². The van der Waals surface area contributed by atoms with Crippen molar-refractivity contribution in [3.8, 4) is 0 Å². The van der Waals surface area contributed by atoms with Crippen LogP contribution in [0.3, 0.4) is 0 Å². The van der Waals surface area contributed by atoms with Gasteiger partial charge in [-0.2, -0.15) is 4.98 Å². The third-order valence-electron chi connectivity index (χ3n) is 3.95. The first-order chi connectivity index (χ1) is 10.4. The van der Waals surface area contributed by atoms with Crippen LogP contribution in [0, 0.1) is 0 Å². The van der Waals surface area contributed by atoms with Crippen LogP contribution in [-0.2, 0) is 14.1 Å². The van der Waals surface area contributed by atoms with Crippen molar-refractivity contribution in [2.75, 3.05) is 18.5 Å². The molecule has 2 aromatic heterocycles. The molecule has 8 heteroatoms. The van der Waals surface area contributed by atoms with Crippen molar-refractivity contribution in [1.82, 2.24) is 18.7 Å². The van der Waals surface area contributed by atoms with Gasteiger partial charge in [-0.1, -0.05) is 6.92 Å². The minimum Gasteiger partial charge on any atom is -0.396 e. The van der Waals surface area contributed by atoms with Crippen molar-refractivity contribution < 1.29 is 5.11 Å². The summed E-state index contributed by atoms with van der Waals surface area (Å²) in [5.74, 6) is 0.517. The predicted molar refractivity (Wildman–Crippen MR) is 85.4 cm³/mol. The molecule has 1 atom stereocenters. The van der Waals surface area contributed by atoms with E-state index in [-0.39, 0.29) is 23.9 Å². The Labute approximate surface area is 128 Å². The highest BCUT2D eigenvalue weighted by atomic mass is 16.3. The van der Waals surface area contributed by atoms with E-state index in [1.807, 2.05) is 13.8 Å². The highest BCUT2D eigenvalue weighted by Crippen LogP contribution is 2.18. The molecule has 0 fully saturated rings. The van der Waals surface area contributed by atoms with E-state index < -0.39 is 0 Å². The zero-order chi connectivity index (χ0) is 16.4. The third kappa shape index (κ3) is 2.54. The van der Waals surface area contributed by atoms with E-state index in [0.29, 0.717) is 30.1 Å². The summed E-state index contributed by atoms with van der Waals surface area (Å²) >= 11 is 0. The summed E-state index contributed by atoms with van der Waals surface area (Å²) < 4.78 is 4.34. The molecule has 0 saturated heterocycles. The van der Waals surface area contributed by atoms with Crippen molar-refractivity contribution in [1.29, 1.82) is 0 Å². The minimum atomic E-state index is -0.357. The van der Waals surface area contributed by atoms with Gasteiger partial charge in [0.05, 0.1) is 0 Å². The fraction of sp³-hybridized carbons (Fsp3) is 0.643. The Morgan fingerprint density at radius 2 is 1.95 bits per heavy atom. The zero-order valence-electron chi connectivity index (χ0n) is 13.5. The molecule has 2 rings (SSSR count). The monoisotopic (exact) mass is 309 g/mol. The lowest BCUT2D eigenvalue weighted by Gasteiger charge is -2.14. The van der Waals surface area contributed by atoms with E-state index in [4.69, 9.17) is 5.11 Å². The molecular weight excluding hydrogens is 286 g/mol. The normalized spacial score (nSPS) is 12.8. The SMILES string of the molecule is CCC(C)n1c(=O)n(C)c(=O)c2c1nc(NCCCO)n2C. The number of hydrogen-bond donors (Lipinski definition) is 2. The number of nitrogens with one attached hydrogen (secondary N) is 1. The van der Waals surface area contributed by atoms with Gasteiger partial charge in [0.25, 0.3) is 5.56 Å². The Balaban J connectivity index is 2.72. The van der Waals surface area contributed by atoms with Crippen LogP contribution >= 0.6 is 0 Å². The number of aryl methyl sites for hydroxylation is 1. The van der Waals surface area contributed by atoms with Gasteiger partial charge in [0.15, 0.2) is 11.2 Å². The Bertz CT molecular complexity index is 786. The van der Waals surface area contributed by atoms with Gasteiger partial charge in [-0.3, -0.25) is 13.9 Å². The summed E-state index contributed by atoms with van der Waals surface area (Å²) in [4.78, 5) is 29.2. The summed E-state index contributed by atoms with van der Waals surface area (Å²) in [5.41, 5.74) is 0.0852. The molecule has 0 amide bonds. The van der Waals surface area contributed by atoms with Gasteiger partial charge in [-0.25, -0.2) is 4.79 Å². The van der Waals surface area contributed by atoms with Gasteiger partial charge in [-0.15, -0.1) is 0 Å². The second kappa shape index (κ2) is 6.35. The van der Waals surface area contributed by atoms with Crippen LogP contribution in [0.15, 0.2) is 9.59 Å². The van der Waals surface area contributed by atoms with Crippen LogP contribution in [0.4, 0.5) is 5.95 Å². The van der Waals surface area contributed by atoms with Crippen LogP contribution in [0.1, 0.15) is 32.7 Å². The van der Waals surface area contributed by atoms with Gasteiger partial charge in [0.1, 0.15) is 0 Å². The Hall–Kier alpha value is -2.09. The summed E-state index contributed by atoms with van der Waals surface area (Å²) in [6.45, 7) is 4.54. The number of hydrogen-bond acceptors (Lipinski definition) is 5. The first-order valence-electron chi connectivity index (χ1n) is 7.46. The van der Waals surface area contributed by atoms with E-state index >= 15 is 0 Å². The number of nitrogens with zero attached hydrogens (tertiary/aromatic N) is 4. The molecule has 0 aliphatic heterocycles. The highest BCUT2D eigenvalue weighted by Gasteiger charge is 2.20. The molecule has 0 spiro atoms. The second-order valence-corrected chi connectivity index (χ2v) is 5.44. The predicted octanol–water partition coefficient (Wildman–Crippen LogP) is 0.199. The number of rotatable bonds is 6. The van der Waals surface area contributed by atoms with E-state index in [1.54, 1.807) is 16.2 Å². The molecular formula is C14H23N5O3. The summed E-state index contributed by atoms with van der Waals surface area (Å²) in [6, 6.07) is -0.0537. The molecule has 22 heavy (non-hydrogen) atoms. The second-order valence-electron chi connectivity index (χ2n) is 5.44. The van der Waals surface area contributed by atoms with Crippen LogP contribution in [0.2, 0.25) is 0 Å². The lowest BCUT2D eigenvalue weighted by molar-refractivity contribution is 0.292. The number of imidazole rings is 1. The van der Waals surface area contributed by atoms with E-state index in [9.17, 15) is 9.59 Å². The van der Waals surface area contributed by atoms with Crippen LogP contribution in [0.5, 0.6) is 0 Å². The third-order valence-corrected chi connectivity index (χ3v) is 3.95. The fourth-order valence-corrected chi connectivity index (χ4v) is 2.41. The van der Waals surface area contributed by atoms with Gasteiger partial charge in [-0.05, 0) is 19.8 Å². The molecule has 0 bridgehead atoms. The van der Waals surface area contributed by atoms with Crippen LogP contribution in [0.25, 0.3) is 11.2 Å². The topological polar surface area (TPSA) is 94.1 Å². The number of aliphatic hydroxyl groups excluding tert-OH is 1. The Morgan fingerprint density at radius 1 is 1.27 bits per heavy atom. The average Bonchev–Trinajstić information content (AvgIpc) is 2.82. The first kappa shape index (κ1) is 16.3. The summed E-state index contributed by atoms with van der Waals surface area (Å²) in [7, 11) is 3.22.